The highest BCUT2D eigenvalue weighted by molar-refractivity contribution is 6.30. The maximum Gasteiger partial charge on any atom is 0.142 e. The molecule has 3 nitrogen and oxygen atoms in total. The van der Waals surface area contributed by atoms with Crippen LogP contribution in [0.3, 0.4) is 0 Å². The monoisotopic (exact) mass is 431 g/mol. The van der Waals surface area contributed by atoms with Crippen molar-refractivity contribution in [3.63, 3.8) is 0 Å². The molecule has 4 heteroatoms. The molecule has 3 atom stereocenters. The first kappa shape index (κ1) is 20.0. The molecule has 0 aromatic heterocycles. The molecule has 0 saturated carbocycles. The fourth-order valence-corrected chi connectivity index (χ4v) is 5.02. The number of methoxy groups -OCH3 is 1. The van der Waals surface area contributed by atoms with Gasteiger partial charge in [0.25, 0.3) is 0 Å². The van der Waals surface area contributed by atoms with Crippen LogP contribution in [0.1, 0.15) is 40.6 Å². The number of halogens is 1. The number of benzene rings is 3. The Morgan fingerprint density at radius 2 is 1.77 bits per heavy atom. The zero-order valence-electron chi connectivity index (χ0n) is 17.8. The van der Waals surface area contributed by atoms with Crippen molar-refractivity contribution >= 4 is 17.3 Å². The fraction of sp³-hybridized carbons (Fsp3) is 0.259. The Labute approximate surface area is 188 Å². The molecule has 1 heterocycles. The molecule has 5 rings (SSSR count). The predicted molar refractivity (Wildman–Crippen MR) is 126 cm³/mol. The molecule has 0 bridgehead atoms. The summed E-state index contributed by atoms with van der Waals surface area (Å²) in [5.41, 5.74) is 6.18. The SMILES string of the molecule is COc1ccc(C)c2c1N[C@H](c1ccc(OCc3ccc(Cl)cc3)cc1)[C@H]1CC=C[C@@H]21. The number of allylic oxidation sites excluding steroid dienone is 2. The van der Waals surface area contributed by atoms with Crippen molar-refractivity contribution in [3.8, 4) is 11.5 Å². The van der Waals surface area contributed by atoms with Gasteiger partial charge in [-0.15, -0.1) is 0 Å². The number of hydrogen-bond acceptors (Lipinski definition) is 3. The summed E-state index contributed by atoms with van der Waals surface area (Å²) in [4.78, 5) is 0. The van der Waals surface area contributed by atoms with Crippen molar-refractivity contribution in [2.24, 2.45) is 5.92 Å². The lowest BCUT2D eigenvalue weighted by Crippen LogP contribution is -2.30. The zero-order chi connectivity index (χ0) is 21.4. The van der Waals surface area contributed by atoms with Crippen LogP contribution in [0.15, 0.2) is 72.8 Å². The highest BCUT2D eigenvalue weighted by Crippen LogP contribution is 2.53. The van der Waals surface area contributed by atoms with Gasteiger partial charge in [-0.1, -0.05) is 54.1 Å². The maximum atomic E-state index is 5.97. The third kappa shape index (κ3) is 3.79. The molecule has 3 aromatic carbocycles. The molecule has 0 spiro atoms. The van der Waals surface area contributed by atoms with Crippen LogP contribution in [0.25, 0.3) is 0 Å². The van der Waals surface area contributed by atoms with E-state index in [1.54, 1.807) is 7.11 Å². The van der Waals surface area contributed by atoms with Gasteiger partial charge in [0.15, 0.2) is 0 Å². The molecular weight excluding hydrogens is 406 g/mol. The third-order valence-corrected chi connectivity index (χ3v) is 6.73. The van der Waals surface area contributed by atoms with E-state index in [0.29, 0.717) is 18.4 Å². The van der Waals surface area contributed by atoms with Crippen molar-refractivity contribution < 1.29 is 9.47 Å². The van der Waals surface area contributed by atoms with E-state index in [1.165, 1.54) is 16.7 Å². The Kier molecular flexibility index (Phi) is 5.37. The van der Waals surface area contributed by atoms with E-state index in [0.717, 1.165) is 34.2 Å². The van der Waals surface area contributed by atoms with E-state index in [2.05, 4.69) is 60.8 Å². The van der Waals surface area contributed by atoms with E-state index in [-0.39, 0.29) is 6.04 Å². The second kappa shape index (κ2) is 8.32. The highest BCUT2D eigenvalue weighted by atomic mass is 35.5. The lowest BCUT2D eigenvalue weighted by Gasteiger charge is -2.39. The van der Waals surface area contributed by atoms with Crippen LogP contribution >= 0.6 is 11.6 Å². The average molecular weight is 432 g/mol. The Bertz CT molecular complexity index is 1110. The summed E-state index contributed by atoms with van der Waals surface area (Å²) in [5.74, 6) is 2.69. The smallest absolute Gasteiger partial charge is 0.142 e. The number of anilines is 1. The van der Waals surface area contributed by atoms with E-state index < -0.39 is 0 Å². The minimum absolute atomic E-state index is 0.230. The molecule has 158 valence electrons. The second-order valence-corrected chi connectivity index (χ2v) is 8.77. The fourth-order valence-electron chi connectivity index (χ4n) is 4.89. The Morgan fingerprint density at radius 1 is 1.00 bits per heavy atom. The largest absolute Gasteiger partial charge is 0.495 e. The topological polar surface area (TPSA) is 30.5 Å². The molecule has 1 N–H and O–H groups in total. The first-order chi connectivity index (χ1) is 15.1. The van der Waals surface area contributed by atoms with Gasteiger partial charge in [-0.25, -0.2) is 0 Å². The lowest BCUT2D eigenvalue weighted by atomic mass is 9.75. The van der Waals surface area contributed by atoms with Crippen molar-refractivity contribution in [2.45, 2.75) is 31.9 Å². The first-order valence-corrected chi connectivity index (χ1v) is 11.1. The molecular formula is C27H26ClNO2. The van der Waals surface area contributed by atoms with E-state index in [4.69, 9.17) is 21.1 Å². The van der Waals surface area contributed by atoms with Gasteiger partial charge in [0.1, 0.15) is 18.1 Å². The standard InChI is InChI=1S/C27H26ClNO2/c1-17-6-15-24(30-2)27-25(17)22-4-3-5-23(22)26(29-27)19-9-13-21(14-10-19)31-16-18-7-11-20(28)12-8-18/h3-4,6-15,22-23,26,29H,5,16H2,1-2H3/t22-,23+,26-/m1/s1. The minimum Gasteiger partial charge on any atom is -0.495 e. The quantitative estimate of drug-likeness (QED) is 0.438. The van der Waals surface area contributed by atoms with E-state index >= 15 is 0 Å². The van der Waals surface area contributed by atoms with Gasteiger partial charge in [0, 0.05) is 10.9 Å². The highest BCUT2D eigenvalue weighted by Gasteiger charge is 2.39. The number of nitrogens with one attached hydrogen (secondary N) is 1. The van der Waals surface area contributed by atoms with Crippen molar-refractivity contribution in [3.05, 3.63) is 100 Å². The van der Waals surface area contributed by atoms with Crippen LogP contribution in [-0.2, 0) is 6.61 Å². The number of rotatable bonds is 5. The van der Waals surface area contributed by atoms with Crippen molar-refractivity contribution in [1.29, 1.82) is 0 Å². The van der Waals surface area contributed by atoms with Crippen LogP contribution in [0, 0.1) is 12.8 Å². The molecule has 31 heavy (non-hydrogen) atoms. The molecule has 0 amide bonds. The molecule has 2 aliphatic rings. The molecule has 0 saturated heterocycles. The molecule has 0 unspecified atom stereocenters. The Balaban J connectivity index is 1.38. The van der Waals surface area contributed by atoms with E-state index in [9.17, 15) is 0 Å². The van der Waals surface area contributed by atoms with Gasteiger partial charge in [0.2, 0.25) is 0 Å². The summed E-state index contributed by atoms with van der Waals surface area (Å²) in [5, 5.41) is 4.55. The molecule has 3 aromatic rings. The summed E-state index contributed by atoms with van der Waals surface area (Å²) in [7, 11) is 1.74. The van der Waals surface area contributed by atoms with Crippen LogP contribution in [-0.4, -0.2) is 7.11 Å². The molecule has 1 aliphatic heterocycles. The number of fused-ring (bicyclic) bond motifs is 3. The number of aryl methyl sites for hydroxylation is 1. The normalized spacial score (nSPS) is 21.2. The van der Waals surface area contributed by atoms with Gasteiger partial charge in [0.05, 0.1) is 18.8 Å². The van der Waals surface area contributed by atoms with Crippen molar-refractivity contribution in [1.82, 2.24) is 0 Å². The number of hydrogen-bond donors (Lipinski definition) is 1. The average Bonchev–Trinajstić information content (AvgIpc) is 3.29. The van der Waals surface area contributed by atoms with E-state index in [1.807, 2.05) is 24.3 Å². The van der Waals surface area contributed by atoms with Gasteiger partial charge < -0.3 is 14.8 Å². The molecule has 0 radical (unpaired) electrons. The second-order valence-electron chi connectivity index (χ2n) is 8.33. The van der Waals surface area contributed by atoms with Gasteiger partial charge in [-0.05, 0) is 71.8 Å². The lowest BCUT2D eigenvalue weighted by molar-refractivity contribution is 0.306. The maximum absolute atomic E-state index is 5.97. The summed E-state index contributed by atoms with van der Waals surface area (Å²) in [6.45, 7) is 2.72. The minimum atomic E-state index is 0.230. The summed E-state index contributed by atoms with van der Waals surface area (Å²) < 4.78 is 11.7. The van der Waals surface area contributed by atoms with Gasteiger partial charge >= 0.3 is 0 Å². The third-order valence-electron chi connectivity index (χ3n) is 6.48. The van der Waals surface area contributed by atoms with Crippen LogP contribution in [0.5, 0.6) is 11.5 Å². The predicted octanol–water partition coefficient (Wildman–Crippen LogP) is 7.06. The molecule has 1 aliphatic carbocycles. The number of ether oxygens (including phenoxy) is 2. The first-order valence-electron chi connectivity index (χ1n) is 10.7. The summed E-state index contributed by atoms with van der Waals surface area (Å²) in [6.07, 6.45) is 5.77. The summed E-state index contributed by atoms with van der Waals surface area (Å²) in [6, 6.07) is 20.7. The van der Waals surface area contributed by atoms with Crippen LogP contribution in [0.4, 0.5) is 5.69 Å². The summed E-state index contributed by atoms with van der Waals surface area (Å²) >= 11 is 5.96. The van der Waals surface area contributed by atoms with Gasteiger partial charge in [-0.2, -0.15) is 0 Å². The molecule has 0 fully saturated rings. The Hall–Kier alpha value is -2.91. The Morgan fingerprint density at radius 3 is 2.52 bits per heavy atom. The van der Waals surface area contributed by atoms with Gasteiger partial charge in [-0.3, -0.25) is 0 Å². The van der Waals surface area contributed by atoms with Crippen molar-refractivity contribution in [2.75, 3.05) is 12.4 Å². The van der Waals surface area contributed by atoms with Crippen LogP contribution in [0.2, 0.25) is 5.02 Å². The van der Waals surface area contributed by atoms with Crippen LogP contribution < -0.4 is 14.8 Å². The zero-order valence-corrected chi connectivity index (χ0v) is 18.5.